The van der Waals surface area contributed by atoms with Gasteiger partial charge in [-0.2, -0.15) is 0 Å². The van der Waals surface area contributed by atoms with Gasteiger partial charge in [0.2, 0.25) is 0 Å². The van der Waals surface area contributed by atoms with Gasteiger partial charge in [-0.15, -0.1) is 6.58 Å². The number of benzene rings is 1. The van der Waals surface area contributed by atoms with Crippen molar-refractivity contribution in [3.05, 3.63) is 52.8 Å². The number of hydrogen-bond acceptors (Lipinski definition) is 2. The highest BCUT2D eigenvalue weighted by Gasteiger charge is 2.34. The summed E-state index contributed by atoms with van der Waals surface area (Å²) >= 11 is 6.37. The normalized spacial score (nSPS) is 31.2. The summed E-state index contributed by atoms with van der Waals surface area (Å²) < 4.78 is 26.9. The number of unbranched alkanes of at least 4 members (excludes halogenated alkanes) is 1. The minimum absolute atomic E-state index is 0.0296. The van der Waals surface area contributed by atoms with Crippen LogP contribution >= 0.6 is 11.6 Å². The highest BCUT2D eigenvalue weighted by Crippen LogP contribution is 2.43. The molecule has 1 aromatic carbocycles. The molecule has 2 nitrogen and oxygen atoms in total. The van der Waals surface area contributed by atoms with E-state index in [2.05, 4.69) is 19.6 Å². The van der Waals surface area contributed by atoms with Crippen molar-refractivity contribution in [3.63, 3.8) is 0 Å². The lowest BCUT2D eigenvalue weighted by molar-refractivity contribution is -0.223. The van der Waals surface area contributed by atoms with Crippen LogP contribution in [0, 0.1) is 29.5 Å². The molecule has 176 valence electrons. The molecule has 0 aromatic heterocycles. The van der Waals surface area contributed by atoms with Gasteiger partial charge in [0.1, 0.15) is 5.82 Å². The van der Waals surface area contributed by atoms with E-state index in [1.54, 1.807) is 0 Å². The number of hydrogen-bond donors (Lipinski definition) is 0. The fourth-order valence-electron chi connectivity index (χ4n) is 5.75. The third-order valence-electron chi connectivity index (χ3n) is 7.91. The molecule has 1 aromatic rings. The fraction of sp³-hybridized carbons (Fsp3) is 0.643. The molecule has 1 saturated carbocycles. The lowest BCUT2D eigenvalue weighted by Gasteiger charge is -2.39. The first kappa shape index (κ1) is 24.0. The minimum Gasteiger partial charge on any atom is -0.352 e. The molecule has 0 spiro atoms. The van der Waals surface area contributed by atoms with Gasteiger partial charge in [0.05, 0.1) is 18.2 Å². The Bertz CT molecular complexity index is 804. The zero-order chi connectivity index (χ0) is 22.5. The highest BCUT2D eigenvalue weighted by molar-refractivity contribution is 6.31. The number of halogens is 2. The van der Waals surface area contributed by atoms with Crippen LogP contribution in [0.5, 0.6) is 0 Å². The Hall–Kier alpha value is -1.16. The monoisotopic (exact) mass is 460 g/mol. The largest absolute Gasteiger partial charge is 0.352 e. The van der Waals surface area contributed by atoms with E-state index in [1.165, 1.54) is 25.7 Å². The molecular weight excluding hydrogens is 423 g/mol. The molecule has 1 atom stereocenters. The minimum atomic E-state index is -0.225. The van der Waals surface area contributed by atoms with Gasteiger partial charge in [-0.05, 0) is 80.8 Å². The number of allylic oxidation sites excluding steroid dienone is 2. The van der Waals surface area contributed by atoms with Crippen molar-refractivity contribution in [2.45, 2.75) is 77.4 Å². The summed E-state index contributed by atoms with van der Waals surface area (Å²) in [5.74, 6) is 2.10. The molecule has 0 radical (unpaired) electrons. The van der Waals surface area contributed by atoms with Gasteiger partial charge < -0.3 is 9.47 Å². The van der Waals surface area contributed by atoms with Gasteiger partial charge in [0.25, 0.3) is 0 Å². The highest BCUT2D eigenvalue weighted by atomic mass is 35.5. The topological polar surface area (TPSA) is 18.5 Å². The second kappa shape index (κ2) is 11.3. The Morgan fingerprint density at radius 3 is 2.41 bits per heavy atom. The fourth-order valence-corrected chi connectivity index (χ4v) is 6.01. The van der Waals surface area contributed by atoms with Crippen LogP contribution in [0.4, 0.5) is 4.39 Å². The van der Waals surface area contributed by atoms with E-state index in [9.17, 15) is 4.39 Å². The van der Waals surface area contributed by atoms with E-state index in [1.807, 2.05) is 18.2 Å². The quantitative estimate of drug-likeness (QED) is 0.384. The summed E-state index contributed by atoms with van der Waals surface area (Å²) in [4.78, 5) is 0. The maximum Gasteiger partial charge on any atom is 0.160 e. The zero-order valence-electron chi connectivity index (χ0n) is 19.5. The van der Waals surface area contributed by atoms with Gasteiger partial charge in [-0.3, -0.25) is 0 Å². The van der Waals surface area contributed by atoms with Crippen molar-refractivity contribution in [1.82, 2.24) is 0 Å². The van der Waals surface area contributed by atoms with Crippen molar-refractivity contribution in [1.29, 1.82) is 0 Å². The second-order valence-electron chi connectivity index (χ2n) is 9.97. The van der Waals surface area contributed by atoms with Crippen LogP contribution in [0.2, 0.25) is 5.02 Å². The summed E-state index contributed by atoms with van der Waals surface area (Å²) in [5.41, 5.74) is 2.78. The predicted molar refractivity (Wildman–Crippen MR) is 130 cm³/mol. The SMILES string of the molecule is C=CC1COC(C2CCC(C3CC=C(c4ccc(CCCC)c(Cl)c4F)CC3)CC2)OC1. The van der Waals surface area contributed by atoms with E-state index in [4.69, 9.17) is 21.1 Å². The van der Waals surface area contributed by atoms with Gasteiger partial charge in [-0.1, -0.05) is 49.2 Å². The molecule has 4 heteroatoms. The van der Waals surface area contributed by atoms with Crippen molar-refractivity contribution in [2.24, 2.45) is 23.7 Å². The standard InChI is InChI=1S/C28H38ClFO2/c1-3-5-6-23-15-16-25(27(30)26(23)29)22-11-7-20(8-12-22)21-9-13-24(14-10-21)28-31-17-19(4-2)18-32-28/h4,11,15-16,19-21,24,28H,2-3,5-10,12-14,17-18H2,1H3. The maximum absolute atomic E-state index is 15.0. The smallest absolute Gasteiger partial charge is 0.160 e. The Kier molecular flexibility index (Phi) is 8.48. The molecule has 4 rings (SSSR count). The predicted octanol–water partition coefficient (Wildman–Crippen LogP) is 7.99. The molecule has 0 amide bonds. The third-order valence-corrected chi connectivity index (χ3v) is 8.32. The van der Waals surface area contributed by atoms with E-state index >= 15 is 0 Å². The van der Waals surface area contributed by atoms with Crippen molar-refractivity contribution >= 4 is 17.2 Å². The van der Waals surface area contributed by atoms with E-state index < -0.39 is 0 Å². The molecule has 1 aliphatic heterocycles. The molecule has 1 heterocycles. The van der Waals surface area contributed by atoms with Crippen molar-refractivity contribution < 1.29 is 13.9 Å². The van der Waals surface area contributed by atoms with Gasteiger partial charge in [-0.25, -0.2) is 4.39 Å². The Morgan fingerprint density at radius 2 is 1.78 bits per heavy atom. The Balaban J connectivity index is 1.30. The van der Waals surface area contributed by atoms with Crippen LogP contribution in [-0.2, 0) is 15.9 Å². The summed E-state index contributed by atoms with van der Waals surface area (Å²) in [6, 6.07) is 3.97. The van der Waals surface area contributed by atoms with Gasteiger partial charge in [0.15, 0.2) is 6.29 Å². The molecule has 0 N–H and O–H groups in total. The lowest BCUT2D eigenvalue weighted by Crippen LogP contribution is -2.38. The molecule has 1 saturated heterocycles. The number of ether oxygens (including phenoxy) is 2. The van der Waals surface area contributed by atoms with Crippen molar-refractivity contribution in [3.8, 4) is 0 Å². The second-order valence-corrected chi connectivity index (χ2v) is 10.4. The van der Waals surface area contributed by atoms with Gasteiger partial charge >= 0.3 is 0 Å². The Labute approximate surface area is 198 Å². The van der Waals surface area contributed by atoms with E-state index in [0.29, 0.717) is 28.3 Å². The molecular formula is C28H38ClFO2. The number of aryl methyl sites for hydroxylation is 1. The zero-order valence-corrected chi connectivity index (χ0v) is 20.2. The Morgan fingerprint density at radius 1 is 1.06 bits per heavy atom. The van der Waals surface area contributed by atoms with Crippen LogP contribution < -0.4 is 0 Å². The van der Waals surface area contributed by atoms with Gasteiger partial charge in [0, 0.05) is 17.4 Å². The summed E-state index contributed by atoms with van der Waals surface area (Å²) in [6.45, 7) is 7.46. The molecule has 32 heavy (non-hydrogen) atoms. The van der Waals surface area contributed by atoms with Crippen LogP contribution in [-0.4, -0.2) is 19.5 Å². The average Bonchev–Trinajstić information content (AvgIpc) is 2.85. The summed E-state index contributed by atoms with van der Waals surface area (Å²) in [7, 11) is 0. The first-order valence-electron chi connectivity index (χ1n) is 12.6. The molecule has 2 aliphatic carbocycles. The van der Waals surface area contributed by atoms with E-state index in [0.717, 1.165) is 68.8 Å². The molecule has 3 aliphatic rings. The average molecular weight is 461 g/mol. The molecule has 0 bridgehead atoms. The van der Waals surface area contributed by atoms with Crippen LogP contribution in [0.1, 0.15) is 75.8 Å². The van der Waals surface area contributed by atoms with Crippen LogP contribution in [0.15, 0.2) is 30.9 Å². The third kappa shape index (κ3) is 5.48. The molecule has 1 unspecified atom stereocenters. The van der Waals surface area contributed by atoms with Crippen molar-refractivity contribution in [2.75, 3.05) is 13.2 Å². The lowest BCUT2D eigenvalue weighted by atomic mass is 9.71. The molecule has 2 fully saturated rings. The van der Waals surface area contributed by atoms with Crippen LogP contribution in [0.25, 0.3) is 5.57 Å². The first-order valence-corrected chi connectivity index (χ1v) is 13.0. The number of rotatable bonds is 7. The first-order chi connectivity index (χ1) is 15.6. The summed E-state index contributed by atoms with van der Waals surface area (Å²) in [6.07, 6.45) is 15.2. The van der Waals surface area contributed by atoms with E-state index in [-0.39, 0.29) is 12.1 Å². The van der Waals surface area contributed by atoms with Crippen LogP contribution in [0.3, 0.4) is 0 Å². The maximum atomic E-state index is 15.0. The summed E-state index contributed by atoms with van der Waals surface area (Å²) in [5, 5.41) is 0.323.